The molecule has 0 fully saturated rings. The van der Waals surface area contributed by atoms with Gasteiger partial charge in [0.25, 0.3) is 0 Å². The van der Waals surface area contributed by atoms with Gasteiger partial charge in [0.2, 0.25) is 0 Å². The molecule has 0 radical (unpaired) electrons. The first-order valence-electron chi connectivity index (χ1n) is 3.90. The molecule has 11 heavy (non-hydrogen) atoms. The van der Waals surface area contributed by atoms with Gasteiger partial charge in [-0.25, -0.2) is 5.84 Å². The predicted octanol–water partition coefficient (Wildman–Crippen LogP) is 1.66. The molecule has 0 aromatic rings. The lowest BCUT2D eigenvalue weighted by Gasteiger charge is -2.25. The summed E-state index contributed by atoms with van der Waals surface area (Å²) in [6.07, 6.45) is 6.16. The van der Waals surface area contributed by atoms with Gasteiger partial charge in [-0.2, -0.15) is 0 Å². The third kappa shape index (κ3) is 2.09. The topological polar surface area (TPSA) is 29.3 Å². The highest BCUT2D eigenvalue weighted by atomic mass is 15.4. The van der Waals surface area contributed by atoms with Gasteiger partial charge < -0.3 is 5.01 Å². The maximum absolute atomic E-state index is 5.54. The summed E-state index contributed by atoms with van der Waals surface area (Å²) in [4.78, 5) is 0. The number of nitrogens with zero attached hydrogens (tertiary/aromatic N) is 1. The van der Waals surface area contributed by atoms with Gasteiger partial charge in [0, 0.05) is 6.20 Å². The lowest BCUT2D eigenvalue weighted by molar-refractivity contribution is 0.417. The summed E-state index contributed by atoms with van der Waals surface area (Å²) in [6.45, 7) is 7.43. The molecule has 0 aromatic carbocycles. The molecule has 2 nitrogen and oxygen atoms in total. The highest BCUT2D eigenvalue weighted by molar-refractivity contribution is 5.27. The van der Waals surface area contributed by atoms with E-state index < -0.39 is 0 Å². The van der Waals surface area contributed by atoms with E-state index in [4.69, 9.17) is 5.84 Å². The molecular weight excluding hydrogens is 136 g/mol. The molecule has 0 bridgehead atoms. The Bertz CT molecular complexity index is 196. The second-order valence-electron chi connectivity index (χ2n) is 3.92. The summed E-state index contributed by atoms with van der Waals surface area (Å²) >= 11 is 0. The van der Waals surface area contributed by atoms with Crippen molar-refractivity contribution in [3.63, 3.8) is 0 Å². The monoisotopic (exact) mass is 152 g/mol. The molecule has 0 aromatic heterocycles. The van der Waals surface area contributed by atoms with Crippen LogP contribution in [0, 0.1) is 5.41 Å². The summed E-state index contributed by atoms with van der Waals surface area (Å²) in [5, 5.41) is 1.68. The van der Waals surface area contributed by atoms with E-state index in [9.17, 15) is 0 Å². The van der Waals surface area contributed by atoms with Crippen LogP contribution in [0.1, 0.15) is 20.8 Å². The van der Waals surface area contributed by atoms with Crippen molar-refractivity contribution in [3.8, 4) is 0 Å². The smallest absolute Gasteiger partial charge is 0.0522 e. The van der Waals surface area contributed by atoms with E-state index in [0.717, 1.165) is 6.54 Å². The molecule has 62 valence electrons. The zero-order valence-corrected chi connectivity index (χ0v) is 7.46. The van der Waals surface area contributed by atoms with Crippen LogP contribution in [0.3, 0.4) is 0 Å². The highest BCUT2D eigenvalue weighted by Gasteiger charge is 2.15. The summed E-state index contributed by atoms with van der Waals surface area (Å²) in [5.74, 6) is 5.54. The fourth-order valence-electron chi connectivity index (χ4n) is 1.06. The minimum Gasteiger partial charge on any atom is -0.314 e. The van der Waals surface area contributed by atoms with Crippen molar-refractivity contribution >= 4 is 0 Å². The van der Waals surface area contributed by atoms with E-state index in [1.54, 1.807) is 5.01 Å². The summed E-state index contributed by atoms with van der Waals surface area (Å²) in [5.41, 5.74) is 1.61. The Balaban J connectivity index is 2.71. The van der Waals surface area contributed by atoms with Crippen molar-refractivity contribution in [1.82, 2.24) is 5.01 Å². The van der Waals surface area contributed by atoms with E-state index in [0.29, 0.717) is 0 Å². The minimum atomic E-state index is 0.248. The molecule has 2 heteroatoms. The van der Waals surface area contributed by atoms with Crippen molar-refractivity contribution in [2.24, 2.45) is 11.3 Å². The molecular formula is C9H16N2. The lowest BCUT2D eigenvalue weighted by Crippen LogP contribution is -2.28. The lowest BCUT2D eigenvalue weighted by atomic mass is 9.85. The van der Waals surface area contributed by atoms with Crippen LogP contribution in [-0.4, -0.2) is 11.6 Å². The van der Waals surface area contributed by atoms with Gasteiger partial charge in [-0.3, -0.25) is 0 Å². The van der Waals surface area contributed by atoms with E-state index in [1.165, 1.54) is 5.57 Å². The fraction of sp³-hybridized carbons (Fsp3) is 0.556. The summed E-state index contributed by atoms with van der Waals surface area (Å²) in [7, 11) is 0. The molecule has 1 aliphatic heterocycles. The van der Waals surface area contributed by atoms with Crippen LogP contribution in [0.15, 0.2) is 23.9 Å². The van der Waals surface area contributed by atoms with Crippen LogP contribution in [0.5, 0.6) is 0 Å². The molecule has 0 unspecified atom stereocenters. The number of hydrazine groups is 1. The SMILES string of the molecule is CC(C)(C)C1=CCN(N)C=C1. The average molecular weight is 152 g/mol. The van der Waals surface area contributed by atoms with Crippen LogP contribution < -0.4 is 5.84 Å². The molecule has 0 saturated heterocycles. The third-order valence-electron chi connectivity index (χ3n) is 1.83. The van der Waals surface area contributed by atoms with Crippen LogP contribution in [0.2, 0.25) is 0 Å². The molecule has 0 saturated carbocycles. The largest absolute Gasteiger partial charge is 0.314 e. The Kier molecular flexibility index (Phi) is 2.05. The molecule has 0 amide bonds. The molecule has 1 heterocycles. The second kappa shape index (κ2) is 2.70. The number of hydrogen-bond acceptors (Lipinski definition) is 2. The van der Waals surface area contributed by atoms with Crippen molar-refractivity contribution in [2.45, 2.75) is 20.8 Å². The molecule has 2 N–H and O–H groups in total. The zero-order chi connectivity index (χ0) is 8.48. The Morgan fingerprint density at radius 1 is 1.45 bits per heavy atom. The second-order valence-corrected chi connectivity index (χ2v) is 3.92. The Hall–Kier alpha value is -0.760. The molecule has 1 rings (SSSR count). The van der Waals surface area contributed by atoms with Gasteiger partial charge in [-0.15, -0.1) is 0 Å². The first-order chi connectivity index (χ1) is 5.00. The molecule has 0 atom stereocenters. The van der Waals surface area contributed by atoms with Crippen molar-refractivity contribution in [1.29, 1.82) is 0 Å². The minimum absolute atomic E-state index is 0.248. The Morgan fingerprint density at radius 3 is 2.45 bits per heavy atom. The summed E-state index contributed by atoms with van der Waals surface area (Å²) in [6, 6.07) is 0. The average Bonchev–Trinajstić information content (AvgIpc) is 1.86. The number of hydrogen-bond donors (Lipinski definition) is 1. The number of nitrogens with two attached hydrogens (primary N) is 1. The van der Waals surface area contributed by atoms with Gasteiger partial charge in [-0.1, -0.05) is 26.8 Å². The maximum atomic E-state index is 5.54. The van der Waals surface area contributed by atoms with Gasteiger partial charge in [-0.05, 0) is 17.1 Å². The quantitative estimate of drug-likeness (QED) is 0.535. The van der Waals surface area contributed by atoms with Gasteiger partial charge in [0.05, 0.1) is 6.54 Å². The predicted molar refractivity (Wildman–Crippen MR) is 47.6 cm³/mol. The van der Waals surface area contributed by atoms with Gasteiger partial charge >= 0.3 is 0 Å². The molecule has 0 aliphatic carbocycles. The van der Waals surface area contributed by atoms with Crippen LogP contribution in [0.4, 0.5) is 0 Å². The molecule has 1 aliphatic rings. The van der Waals surface area contributed by atoms with E-state index in [1.807, 2.05) is 6.20 Å². The number of allylic oxidation sites excluding steroid dienone is 2. The van der Waals surface area contributed by atoms with E-state index in [2.05, 4.69) is 32.9 Å². The van der Waals surface area contributed by atoms with Crippen molar-refractivity contribution in [2.75, 3.05) is 6.54 Å². The standard InChI is InChI=1S/C9H16N2/c1-9(2,3)8-4-6-11(10)7-5-8/h4-6H,7,10H2,1-3H3. The molecule has 0 spiro atoms. The Morgan fingerprint density at radius 2 is 2.09 bits per heavy atom. The van der Waals surface area contributed by atoms with Crippen LogP contribution in [0.25, 0.3) is 0 Å². The fourth-order valence-corrected chi connectivity index (χ4v) is 1.06. The van der Waals surface area contributed by atoms with Crippen molar-refractivity contribution < 1.29 is 0 Å². The summed E-state index contributed by atoms with van der Waals surface area (Å²) < 4.78 is 0. The van der Waals surface area contributed by atoms with Gasteiger partial charge in [0.1, 0.15) is 0 Å². The van der Waals surface area contributed by atoms with E-state index in [-0.39, 0.29) is 5.41 Å². The van der Waals surface area contributed by atoms with Crippen LogP contribution >= 0.6 is 0 Å². The normalized spacial score (nSPS) is 18.5. The third-order valence-corrected chi connectivity index (χ3v) is 1.83. The van der Waals surface area contributed by atoms with Crippen molar-refractivity contribution in [3.05, 3.63) is 23.9 Å². The zero-order valence-electron chi connectivity index (χ0n) is 7.46. The van der Waals surface area contributed by atoms with E-state index >= 15 is 0 Å². The first kappa shape index (κ1) is 8.34. The highest BCUT2D eigenvalue weighted by Crippen LogP contribution is 2.27. The number of rotatable bonds is 0. The Labute approximate surface area is 68.3 Å². The van der Waals surface area contributed by atoms with Gasteiger partial charge in [0.15, 0.2) is 0 Å². The maximum Gasteiger partial charge on any atom is 0.0522 e. The first-order valence-corrected chi connectivity index (χ1v) is 3.90. The van der Waals surface area contributed by atoms with Crippen LogP contribution in [-0.2, 0) is 0 Å².